The third-order valence-electron chi connectivity index (χ3n) is 0. The second-order valence-corrected chi connectivity index (χ2v) is 0.492. The van der Waals surface area contributed by atoms with Crippen LogP contribution in [0, 0.1) is 0 Å². The molecule has 0 aromatic carbocycles. The zero-order valence-electron chi connectivity index (χ0n) is 3.52. The molecule has 32 valence electrons. The molecule has 2 N–H and O–H groups in total. The summed E-state index contributed by atoms with van der Waals surface area (Å²) in [6.45, 7) is 0.972. The van der Waals surface area contributed by atoms with Crippen LogP contribution in [0.1, 0.15) is 6.92 Å². The fraction of sp³-hybridized carbons (Fsp3) is 0.500. The molecule has 0 atom stereocenters. The third-order valence-corrected chi connectivity index (χ3v) is 0. The zero-order chi connectivity index (χ0) is 3.58. The first kappa shape index (κ1) is 15.9. The minimum atomic E-state index is -1.08. The van der Waals surface area contributed by atoms with E-state index in [0.29, 0.717) is 0 Å². The Bertz CT molecular complexity index is 31.8. The Morgan fingerprint density at radius 3 is 1.67 bits per heavy atom. The Kier molecular flexibility index (Phi) is 24.4. The van der Waals surface area contributed by atoms with Gasteiger partial charge in [-0.25, -0.2) is 0 Å². The van der Waals surface area contributed by atoms with Crippen molar-refractivity contribution in [2.24, 2.45) is 0 Å². The van der Waals surface area contributed by atoms with Crippen molar-refractivity contribution in [3.63, 3.8) is 0 Å². The summed E-state index contributed by atoms with van der Waals surface area (Å²) in [7, 11) is 0. The van der Waals surface area contributed by atoms with Gasteiger partial charge in [-0.15, -0.1) is 0 Å². The summed E-state index contributed by atoms with van der Waals surface area (Å²) in [6.07, 6.45) is 0. The summed E-state index contributed by atoms with van der Waals surface area (Å²) in [4.78, 5) is 8.89. The van der Waals surface area contributed by atoms with Crippen molar-refractivity contribution in [3.8, 4) is 0 Å². The van der Waals surface area contributed by atoms with E-state index in [1.54, 1.807) is 0 Å². The van der Waals surface area contributed by atoms with Crippen LogP contribution in [-0.2, 0) is 4.79 Å². The maximum Gasteiger partial charge on any atom is 2.00 e. The number of aliphatic carboxylic acids is 1. The number of rotatable bonds is 0. The van der Waals surface area contributed by atoms with Crippen molar-refractivity contribution >= 4 is 43.7 Å². The number of carboxylic acid groups (broad SMARTS) is 1. The van der Waals surface area contributed by atoms with E-state index in [4.69, 9.17) is 9.90 Å². The molecule has 0 aliphatic carbocycles. The molecule has 6 heavy (non-hydrogen) atoms. The normalized spacial score (nSPS) is 4.17. The summed E-state index contributed by atoms with van der Waals surface area (Å²) < 4.78 is 0. The van der Waals surface area contributed by atoms with Crippen LogP contribution in [0.15, 0.2) is 0 Å². The molecule has 0 radical (unpaired) electrons. The molecule has 0 spiro atoms. The molecule has 0 aliphatic rings. The maximum atomic E-state index is 8.89. The van der Waals surface area contributed by atoms with Gasteiger partial charge in [0.2, 0.25) is 0 Å². The second-order valence-electron chi connectivity index (χ2n) is 0.492. The van der Waals surface area contributed by atoms with E-state index in [2.05, 4.69) is 0 Å². The number of carboxylic acids is 1. The van der Waals surface area contributed by atoms with Crippen molar-refractivity contribution in [2.75, 3.05) is 0 Å². The smallest absolute Gasteiger partial charge is 0.550 e. The molecule has 0 heterocycles. The molecule has 0 bridgehead atoms. The number of hydrogen-bond donors (Lipinski definition) is 0. The number of carbonyl (C=O) groups is 1. The third kappa shape index (κ3) is 134. The molecule has 0 amide bonds. The van der Waals surface area contributed by atoms with Crippen LogP contribution in [0.25, 0.3) is 0 Å². The van der Waals surface area contributed by atoms with E-state index in [0.717, 1.165) is 6.92 Å². The van der Waals surface area contributed by atoms with Gasteiger partial charge in [0.1, 0.15) is 0 Å². The summed E-state index contributed by atoms with van der Waals surface area (Å²) in [6, 6.07) is 0. The average molecular weight is 117 g/mol. The van der Waals surface area contributed by atoms with Gasteiger partial charge >= 0.3 is 37.7 Å². The summed E-state index contributed by atoms with van der Waals surface area (Å²) >= 11 is 0. The van der Waals surface area contributed by atoms with Gasteiger partial charge in [0, 0.05) is 5.97 Å². The van der Waals surface area contributed by atoms with Crippen molar-refractivity contribution < 1.29 is 15.4 Å². The van der Waals surface area contributed by atoms with E-state index >= 15 is 0 Å². The Hall–Kier alpha value is 0.690. The molecular weight excluding hydrogens is 112 g/mol. The predicted octanol–water partition coefficient (Wildman–Crippen LogP) is -2.45. The van der Waals surface area contributed by atoms with Crippen molar-refractivity contribution in [2.45, 2.75) is 6.92 Å². The van der Waals surface area contributed by atoms with E-state index in [9.17, 15) is 0 Å². The minimum Gasteiger partial charge on any atom is -0.550 e. The van der Waals surface area contributed by atoms with Crippen molar-refractivity contribution in [1.82, 2.24) is 0 Å². The van der Waals surface area contributed by atoms with Crippen LogP contribution in [0.2, 0.25) is 0 Å². The van der Waals surface area contributed by atoms with Gasteiger partial charge < -0.3 is 15.4 Å². The Labute approximate surface area is 65.7 Å². The predicted molar refractivity (Wildman–Crippen MR) is 20.0 cm³/mol. The van der Waals surface area contributed by atoms with Crippen LogP contribution in [-0.4, -0.2) is 49.2 Å². The van der Waals surface area contributed by atoms with Gasteiger partial charge in [-0.05, 0) is 6.92 Å². The van der Waals surface area contributed by atoms with Crippen LogP contribution < -0.4 is 5.11 Å². The average Bonchev–Trinajstić information content (AvgIpc) is 0.811. The zero-order valence-corrected chi connectivity index (χ0v) is 5.73. The standard InChI is InChI=1S/C2H4O2.Ca.H2O/c1-2(3)4;;/h1H3,(H,3,4);;1H2/q;+2;/p-1. The van der Waals surface area contributed by atoms with Gasteiger partial charge in [0.05, 0.1) is 0 Å². The van der Waals surface area contributed by atoms with Crippen LogP contribution in [0.3, 0.4) is 0 Å². The molecule has 0 saturated carbocycles. The molecule has 0 unspecified atom stereocenters. The number of hydrogen-bond acceptors (Lipinski definition) is 2. The molecular formula is C2H5CaO3+. The van der Waals surface area contributed by atoms with E-state index in [1.165, 1.54) is 0 Å². The van der Waals surface area contributed by atoms with E-state index < -0.39 is 5.97 Å². The Balaban J connectivity index is -0.0000000450. The largest absolute Gasteiger partial charge is 2.00 e. The first-order chi connectivity index (χ1) is 1.73. The first-order valence-corrected chi connectivity index (χ1v) is 0.908. The fourth-order valence-corrected chi connectivity index (χ4v) is 0. The first-order valence-electron chi connectivity index (χ1n) is 0.908. The quantitative estimate of drug-likeness (QED) is 0.330. The molecule has 0 aromatic heterocycles. The fourth-order valence-electron chi connectivity index (χ4n) is 0. The Morgan fingerprint density at radius 2 is 1.67 bits per heavy atom. The second kappa shape index (κ2) is 9.19. The van der Waals surface area contributed by atoms with E-state index in [1.807, 2.05) is 0 Å². The van der Waals surface area contributed by atoms with Crippen LogP contribution >= 0.6 is 0 Å². The SMILES string of the molecule is CC(=O)[O-].O.[Ca+2]. The van der Waals surface area contributed by atoms with Crippen LogP contribution in [0.5, 0.6) is 0 Å². The maximum absolute atomic E-state index is 8.89. The van der Waals surface area contributed by atoms with Crippen molar-refractivity contribution in [3.05, 3.63) is 0 Å². The number of carbonyl (C=O) groups excluding carboxylic acids is 1. The summed E-state index contributed by atoms with van der Waals surface area (Å²) in [5.41, 5.74) is 0. The minimum absolute atomic E-state index is 0. The molecule has 3 nitrogen and oxygen atoms in total. The van der Waals surface area contributed by atoms with Crippen molar-refractivity contribution in [1.29, 1.82) is 0 Å². The monoisotopic (exact) mass is 117 g/mol. The van der Waals surface area contributed by atoms with Gasteiger partial charge in [0.15, 0.2) is 0 Å². The van der Waals surface area contributed by atoms with Gasteiger partial charge in [0.25, 0.3) is 0 Å². The van der Waals surface area contributed by atoms with Gasteiger partial charge in [-0.3, -0.25) is 0 Å². The molecule has 0 saturated heterocycles. The topological polar surface area (TPSA) is 71.6 Å². The van der Waals surface area contributed by atoms with Gasteiger partial charge in [-0.2, -0.15) is 0 Å². The summed E-state index contributed by atoms with van der Waals surface area (Å²) in [5, 5.41) is 8.89. The molecule has 0 rings (SSSR count). The van der Waals surface area contributed by atoms with E-state index in [-0.39, 0.29) is 43.2 Å². The van der Waals surface area contributed by atoms with Gasteiger partial charge in [-0.1, -0.05) is 0 Å². The Morgan fingerprint density at radius 1 is 1.67 bits per heavy atom. The molecule has 4 heteroatoms. The summed E-state index contributed by atoms with van der Waals surface area (Å²) in [5.74, 6) is -1.08. The molecule has 0 aromatic rings. The van der Waals surface area contributed by atoms with Crippen LogP contribution in [0.4, 0.5) is 0 Å². The molecule has 0 aliphatic heterocycles. The molecule has 0 fully saturated rings.